The fourth-order valence-electron chi connectivity index (χ4n) is 14.7. The lowest BCUT2D eigenvalue weighted by atomic mass is 9.91. The molecule has 7 aromatic rings. The maximum absolute atomic E-state index is 15.1. The van der Waals surface area contributed by atoms with Gasteiger partial charge in [-0.2, -0.15) is 71.1 Å². The Labute approximate surface area is 734 Å². The first-order valence-corrected chi connectivity index (χ1v) is 49.1. The van der Waals surface area contributed by atoms with Gasteiger partial charge in [-0.1, -0.05) is 234 Å². The summed E-state index contributed by atoms with van der Waals surface area (Å²) in [4.78, 5) is 43.4. The third-order valence-corrected chi connectivity index (χ3v) is 31.0. The van der Waals surface area contributed by atoms with Gasteiger partial charge in [0.25, 0.3) is 5.70 Å². The van der Waals surface area contributed by atoms with Crippen molar-refractivity contribution in [2.45, 2.75) is 353 Å². The largest absolute Gasteiger partial charge is 0.465 e. The number of methoxy groups -OCH3 is 1. The second-order valence-corrected chi connectivity index (χ2v) is 39.1. The normalized spacial score (nSPS) is 13.0. The highest BCUT2D eigenvalue weighted by molar-refractivity contribution is 7.31. The van der Waals surface area contributed by atoms with Gasteiger partial charge in [-0.15, -0.1) is 79.4 Å². The Morgan fingerprint density at radius 1 is 0.355 bits per heavy atom. The van der Waals surface area contributed by atoms with Crippen LogP contribution in [0.5, 0.6) is 0 Å². The van der Waals surface area contributed by atoms with Crippen LogP contribution in [0.25, 0.3) is 75.5 Å². The number of rotatable bonds is 59. The molecule has 670 valence electrons. The molecular weight excluding hydrogens is 1720 g/mol. The Balaban J connectivity index is 1.34. The van der Waals surface area contributed by atoms with Crippen LogP contribution in [0.1, 0.15) is 316 Å². The van der Waals surface area contributed by atoms with E-state index < -0.39 is 66.0 Å². The molecule has 0 aliphatic heterocycles. The minimum atomic E-state index is -8.51. The van der Waals surface area contributed by atoms with Gasteiger partial charge in [-0.05, 0) is 171 Å². The Morgan fingerprint density at radius 3 is 0.909 bits per heavy atom. The maximum atomic E-state index is 15.1. The zero-order valence-corrected chi connectivity index (χ0v) is 76.4. The highest BCUT2D eigenvalue weighted by atomic mass is 32.1. The molecule has 0 atom stereocenters. The molecular formula is C93H117F15N2O4S7. The average molecular weight is 1840 g/mol. The van der Waals surface area contributed by atoms with Gasteiger partial charge in [0.05, 0.1) is 13.7 Å². The van der Waals surface area contributed by atoms with Crippen LogP contribution in [-0.2, 0) is 57.6 Å². The second kappa shape index (κ2) is 49.4. The van der Waals surface area contributed by atoms with Gasteiger partial charge in [0.2, 0.25) is 0 Å². The first kappa shape index (κ1) is 102. The quantitative estimate of drug-likeness (QED) is 0.00948. The topological polar surface area (TPSA) is 80.8 Å². The summed E-state index contributed by atoms with van der Waals surface area (Å²) in [5, 5.41) is 10.1. The van der Waals surface area contributed by atoms with Crippen molar-refractivity contribution >= 4 is 103 Å². The van der Waals surface area contributed by atoms with E-state index in [-0.39, 0.29) is 10.5 Å². The summed E-state index contributed by atoms with van der Waals surface area (Å²) in [7, 11) is 1.29. The zero-order valence-electron chi connectivity index (χ0n) is 70.7. The van der Waals surface area contributed by atoms with Crippen LogP contribution in [0.15, 0.2) is 59.8 Å². The van der Waals surface area contributed by atoms with Gasteiger partial charge in [0.1, 0.15) is 11.6 Å². The minimum Gasteiger partial charge on any atom is -0.465 e. The number of aryl methyl sites for hydroxylation is 6. The number of carbonyl (C=O) groups is 2. The van der Waals surface area contributed by atoms with Gasteiger partial charge in [-0.3, -0.25) is 4.79 Å². The van der Waals surface area contributed by atoms with E-state index in [9.17, 15) is 71.9 Å². The molecule has 0 bridgehead atoms. The lowest BCUT2D eigenvalue weighted by Gasteiger charge is -2.41. The lowest BCUT2D eigenvalue weighted by Crippen LogP contribution is -2.73. The summed E-state index contributed by atoms with van der Waals surface area (Å²) in [6.45, 7) is 17.6. The minimum absolute atomic E-state index is 0.0472. The number of hydrogen-bond acceptors (Lipinski definition) is 12. The van der Waals surface area contributed by atoms with E-state index in [1.54, 1.807) is 46.2 Å². The number of ether oxygens (including phenoxy) is 2. The van der Waals surface area contributed by atoms with Crippen molar-refractivity contribution in [1.29, 1.82) is 5.26 Å². The van der Waals surface area contributed by atoms with E-state index in [0.29, 0.717) is 12.8 Å². The van der Waals surface area contributed by atoms with Crippen LogP contribution in [-0.4, -0.2) is 67.4 Å². The molecule has 0 aromatic carbocycles. The average Bonchev–Trinajstić information content (AvgIpc) is 1.43. The number of alkyl halides is 15. The number of unbranched alkanes of at least 4 members (excludes halogenated alkanes) is 30. The third-order valence-electron chi connectivity index (χ3n) is 21.8. The number of esters is 2. The number of halogens is 15. The van der Waals surface area contributed by atoms with Gasteiger partial charge < -0.3 is 9.47 Å². The van der Waals surface area contributed by atoms with Crippen LogP contribution >= 0.6 is 79.4 Å². The Morgan fingerprint density at radius 2 is 0.620 bits per heavy atom. The SMILES string of the molecule is [C-]#[N+]/C(=C\c1cc(CCCCCCCC)c(-c2cc(CCCCCCCC)c(-c3cc(CCCCCCCC)c(-c4ccc(-c5sc(-c6sc(-c7sc(/C=C(\C#N)C(=O)OC)cc7CCCCCCCC)cc6CCCCCCCC)cc5CCCCCCCC)s4)s3)s2)s1)C(=O)OCC(F)(F)C(F)(F)C(F)(F)C(F)(F)C(F)(F)C(F)(F)C(F)(F)F. The number of thiophene rings is 7. The molecule has 0 aliphatic carbocycles. The van der Waals surface area contributed by atoms with Gasteiger partial charge >= 0.3 is 53.7 Å². The fraction of sp³-hybridized carbons (Fsp3) is 0.613. The second-order valence-electron chi connectivity index (χ2n) is 31.6. The summed E-state index contributed by atoms with van der Waals surface area (Å²) in [5.74, 6) is -51.1. The summed E-state index contributed by atoms with van der Waals surface area (Å²) in [6, 6.07) is 19.8. The van der Waals surface area contributed by atoms with Crippen molar-refractivity contribution in [1.82, 2.24) is 0 Å². The summed E-state index contributed by atoms with van der Waals surface area (Å²) in [5.41, 5.74) is 5.70. The molecule has 6 nitrogen and oxygen atoms in total. The Hall–Kier alpha value is -5.75. The summed E-state index contributed by atoms with van der Waals surface area (Å²) < 4.78 is 221. The van der Waals surface area contributed by atoms with E-state index in [1.165, 1.54) is 134 Å². The van der Waals surface area contributed by atoms with Gasteiger partial charge in [0, 0.05) is 68.3 Å². The zero-order chi connectivity index (χ0) is 88.6. The molecule has 0 unspecified atom stereocenters. The summed E-state index contributed by atoms with van der Waals surface area (Å²) >= 11 is 11.6. The monoisotopic (exact) mass is 1830 g/mol. The van der Waals surface area contributed by atoms with Crippen LogP contribution < -0.4 is 0 Å². The Kier molecular flexibility index (Phi) is 41.8. The van der Waals surface area contributed by atoms with Crippen LogP contribution in [0.3, 0.4) is 0 Å². The number of hydrogen-bond donors (Lipinski definition) is 0. The lowest BCUT2D eigenvalue weighted by molar-refractivity contribution is -0.453. The van der Waals surface area contributed by atoms with Crippen molar-refractivity contribution < 1.29 is 84.9 Å². The summed E-state index contributed by atoms with van der Waals surface area (Å²) in [6.07, 6.45) is 38.3. The standard InChI is InChI=1S/C93H117F15N2O4S7/c1-9-15-21-27-33-39-45-63-53-70(55-69(61-109)85(111)113-8)115-81(63)75-58-67(49-43-37-31-25-19-13-5)83(120-75)77-56-65(47-41-35-29-23-17-11-3)79(118-77)73-51-52-74(117-73)80-66(48-42-36-30-24-18-12-4)57-78(119-80)84-68(50-44-38-32-26-20-14-6)59-76(121-84)82-64(46-40-34-28-22-16-10-2)54-71(116-82)60-72(110-7)86(112)114-62-87(94,95)88(96,97)89(98,99)90(100,101)91(102,103)92(104,105)93(106,107)108/h51-60H,9-50,62H2,1-6,8H3/b69-55+,72-60-. The predicted molar refractivity (Wildman–Crippen MR) is 474 cm³/mol. The smallest absolute Gasteiger partial charge is 0.460 e. The maximum Gasteiger partial charge on any atom is 0.460 e. The van der Waals surface area contributed by atoms with E-state index in [4.69, 9.17) is 11.3 Å². The van der Waals surface area contributed by atoms with Crippen molar-refractivity contribution in [3.05, 3.63) is 114 Å². The molecule has 0 fully saturated rings. The van der Waals surface area contributed by atoms with Crippen molar-refractivity contribution in [2.75, 3.05) is 13.7 Å². The third kappa shape index (κ3) is 27.4. The molecule has 0 radical (unpaired) electrons. The van der Waals surface area contributed by atoms with E-state index in [1.807, 2.05) is 34.0 Å². The van der Waals surface area contributed by atoms with E-state index >= 15 is 8.78 Å². The molecule has 7 aromatic heterocycles. The van der Waals surface area contributed by atoms with E-state index in [2.05, 4.69) is 99.7 Å². The molecule has 7 rings (SSSR count). The number of carbonyl (C=O) groups excluding carboxylic acids is 2. The van der Waals surface area contributed by atoms with Gasteiger partial charge in [-0.25, -0.2) is 9.64 Å². The first-order chi connectivity index (χ1) is 57.7. The van der Waals surface area contributed by atoms with Gasteiger partial charge in [0.15, 0.2) is 6.61 Å². The molecule has 0 spiro atoms. The van der Waals surface area contributed by atoms with Crippen molar-refractivity contribution in [3.8, 4) is 64.6 Å². The van der Waals surface area contributed by atoms with Crippen molar-refractivity contribution in [3.63, 3.8) is 0 Å². The highest BCUT2D eigenvalue weighted by Crippen LogP contribution is 2.63. The molecule has 0 aliphatic rings. The molecule has 0 N–H and O–H groups in total. The first-order valence-electron chi connectivity index (χ1n) is 43.4. The van der Waals surface area contributed by atoms with Crippen molar-refractivity contribution in [2.24, 2.45) is 0 Å². The van der Waals surface area contributed by atoms with Crippen LogP contribution in [0, 0.1) is 17.9 Å². The molecule has 0 amide bonds. The molecule has 121 heavy (non-hydrogen) atoms. The predicted octanol–water partition coefficient (Wildman–Crippen LogP) is 34.8. The van der Waals surface area contributed by atoms with E-state index in [0.717, 1.165) is 244 Å². The molecule has 7 heterocycles. The highest BCUT2D eigenvalue weighted by Gasteiger charge is 2.93. The number of nitriles is 1. The molecule has 0 saturated carbocycles. The fourth-order valence-corrected chi connectivity index (χ4v) is 23.7. The number of nitrogens with zero attached hydrogens (tertiary/aromatic N) is 2. The molecule has 0 saturated heterocycles. The molecule has 28 heteroatoms. The van der Waals surface area contributed by atoms with Crippen LogP contribution in [0.2, 0.25) is 0 Å². The van der Waals surface area contributed by atoms with Crippen LogP contribution in [0.4, 0.5) is 65.9 Å². The Bertz CT molecular complexity index is 4490.